The first-order valence-electron chi connectivity index (χ1n) is 6.51. The Hall–Kier alpha value is -2.84. The first-order chi connectivity index (χ1) is 10.9. The first kappa shape index (κ1) is 15.1. The maximum Gasteiger partial charge on any atom is 0.294 e. The van der Waals surface area contributed by atoms with Crippen molar-refractivity contribution in [3.63, 3.8) is 0 Å². The zero-order valence-corrected chi connectivity index (χ0v) is 12.5. The van der Waals surface area contributed by atoms with Crippen LogP contribution in [0.25, 0.3) is 10.9 Å². The lowest BCUT2D eigenvalue weighted by molar-refractivity contribution is 0.480. The zero-order chi connectivity index (χ0) is 16.4. The highest BCUT2D eigenvalue weighted by Crippen LogP contribution is 2.31. The molecule has 3 aromatic rings. The molecule has 2 aromatic carbocycles. The van der Waals surface area contributed by atoms with Crippen molar-refractivity contribution < 1.29 is 18.1 Å². The van der Waals surface area contributed by atoms with Gasteiger partial charge in [0.05, 0.1) is 16.3 Å². The van der Waals surface area contributed by atoms with Gasteiger partial charge in [-0.2, -0.15) is 13.5 Å². The van der Waals surface area contributed by atoms with Crippen LogP contribution in [0.1, 0.15) is 0 Å². The normalized spacial score (nSPS) is 12.0. The van der Waals surface area contributed by atoms with E-state index in [1.165, 1.54) is 30.3 Å². The molecule has 2 N–H and O–H groups in total. The fraction of sp³-hybridized carbons (Fsp3) is 0. The highest BCUT2D eigenvalue weighted by Gasteiger charge is 2.08. The molecule has 0 spiro atoms. The van der Waals surface area contributed by atoms with Gasteiger partial charge in [0, 0.05) is 11.6 Å². The molecule has 0 atom stereocenters. The zero-order valence-electron chi connectivity index (χ0n) is 11.7. The Morgan fingerprint density at radius 2 is 1.70 bits per heavy atom. The smallest absolute Gasteiger partial charge is 0.294 e. The van der Waals surface area contributed by atoms with E-state index in [2.05, 4.69) is 15.2 Å². The van der Waals surface area contributed by atoms with Crippen LogP contribution in [0.15, 0.2) is 69.9 Å². The van der Waals surface area contributed by atoms with Crippen molar-refractivity contribution in [1.29, 1.82) is 0 Å². The summed E-state index contributed by atoms with van der Waals surface area (Å²) in [7, 11) is -4.23. The lowest BCUT2D eigenvalue weighted by atomic mass is 10.2. The highest BCUT2D eigenvalue weighted by molar-refractivity contribution is 7.85. The number of hydrogen-bond acceptors (Lipinski definition) is 6. The van der Waals surface area contributed by atoms with Gasteiger partial charge in [-0.05, 0) is 48.5 Å². The lowest BCUT2D eigenvalue weighted by Gasteiger charge is -2.02. The molecule has 0 aliphatic rings. The quantitative estimate of drug-likeness (QED) is 0.563. The van der Waals surface area contributed by atoms with E-state index in [1.54, 1.807) is 24.4 Å². The molecule has 23 heavy (non-hydrogen) atoms. The van der Waals surface area contributed by atoms with Crippen molar-refractivity contribution in [2.24, 2.45) is 10.2 Å². The van der Waals surface area contributed by atoms with Crippen molar-refractivity contribution in [1.82, 2.24) is 4.98 Å². The number of phenols is 1. The van der Waals surface area contributed by atoms with E-state index in [1.807, 2.05) is 0 Å². The molecule has 7 nitrogen and oxygen atoms in total. The monoisotopic (exact) mass is 329 g/mol. The van der Waals surface area contributed by atoms with Gasteiger partial charge in [0.15, 0.2) is 0 Å². The SMILES string of the molecule is O=S(=O)(O)c1ccc(N=Nc2ccc(O)c3ncccc23)cc1. The molecule has 0 bridgehead atoms. The van der Waals surface area contributed by atoms with Crippen molar-refractivity contribution in [3.8, 4) is 5.75 Å². The third kappa shape index (κ3) is 3.17. The Bertz CT molecular complexity index is 999. The van der Waals surface area contributed by atoms with Gasteiger partial charge in [-0.3, -0.25) is 9.54 Å². The van der Waals surface area contributed by atoms with Gasteiger partial charge in [0.25, 0.3) is 10.1 Å². The van der Waals surface area contributed by atoms with Crippen LogP contribution in [0.3, 0.4) is 0 Å². The number of azo groups is 1. The average molecular weight is 329 g/mol. The van der Waals surface area contributed by atoms with Crippen LogP contribution in [0.2, 0.25) is 0 Å². The van der Waals surface area contributed by atoms with Gasteiger partial charge >= 0.3 is 0 Å². The van der Waals surface area contributed by atoms with Crippen LogP contribution in [0, 0.1) is 0 Å². The number of fused-ring (bicyclic) bond motifs is 1. The molecule has 0 unspecified atom stereocenters. The van der Waals surface area contributed by atoms with E-state index < -0.39 is 10.1 Å². The van der Waals surface area contributed by atoms with E-state index in [4.69, 9.17) is 4.55 Å². The molecule has 116 valence electrons. The van der Waals surface area contributed by atoms with Crippen molar-refractivity contribution in [2.45, 2.75) is 4.90 Å². The Morgan fingerprint density at radius 1 is 0.957 bits per heavy atom. The minimum atomic E-state index is -4.23. The molecule has 1 aromatic heterocycles. The number of rotatable bonds is 3. The summed E-state index contributed by atoms with van der Waals surface area (Å²) in [6.07, 6.45) is 1.57. The third-order valence-corrected chi connectivity index (χ3v) is 4.00. The number of aromatic hydroxyl groups is 1. The topological polar surface area (TPSA) is 112 Å². The Labute approximate surface area is 131 Å². The second-order valence-electron chi connectivity index (χ2n) is 4.67. The van der Waals surface area contributed by atoms with Gasteiger partial charge in [-0.25, -0.2) is 0 Å². The number of benzene rings is 2. The fourth-order valence-corrected chi connectivity index (χ4v) is 2.51. The summed E-state index contributed by atoms with van der Waals surface area (Å²) in [6, 6.07) is 11.9. The maximum absolute atomic E-state index is 11.0. The molecule has 8 heteroatoms. The summed E-state index contributed by atoms with van der Waals surface area (Å²) in [5.41, 5.74) is 1.36. The van der Waals surface area contributed by atoms with Crippen LogP contribution >= 0.6 is 0 Å². The van der Waals surface area contributed by atoms with Crippen LogP contribution < -0.4 is 0 Å². The first-order valence-corrected chi connectivity index (χ1v) is 7.95. The standard InChI is InChI=1S/C15H11N3O4S/c19-14-8-7-13(12-2-1-9-16-15(12)14)18-17-10-3-5-11(6-4-10)23(20,21)22/h1-9,19H,(H,20,21,22). The summed E-state index contributed by atoms with van der Waals surface area (Å²) in [4.78, 5) is 3.88. The van der Waals surface area contributed by atoms with Gasteiger partial charge in [-0.1, -0.05) is 0 Å². The predicted molar refractivity (Wildman–Crippen MR) is 83.8 cm³/mol. The van der Waals surface area contributed by atoms with Crippen LogP contribution in [0.4, 0.5) is 11.4 Å². The summed E-state index contributed by atoms with van der Waals surface area (Å²) < 4.78 is 30.9. The second kappa shape index (κ2) is 5.75. The van der Waals surface area contributed by atoms with Gasteiger partial charge in [0.2, 0.25) is 0 Å². The molecule has 0 aliphatic heterocycles. The van der Waals surface area contributed by atoms with Crippen molar-refractivity contribution in [3.05, 3.63) is 54.7 Å². The van der Waals surface area contributed by atoms with Gasteiger partial charge in [0.1, 0.15) is 11.3 Å². The van der Waals surface area contributed by atoms with Crippen molar-refractivity contribution >= 4 is 32.4 Å². The summed E-state index contributed by atoms with van der Waals surface area (Å²) in [5.74, 6) is 0.0528. The van der Waals surface area contributed by atoms with E-state index in [9.17, 15) is 13.5 Å². The molecule has 0 radical (unpaired) electrons. The molecule has 0 aliphatic carbocycles. The van der Waals surface area contributed by atoms with E-state index in [0.29, 0.717) is 22.3 Å². The molecular formula is C15H11N3O4S. The fourth-order valence-electron chi connectivity index (χ4n) is 2.03. The Morgan fingerprint density at radius 3 is 2.39 bits per heavy atom. The van der Waals surface area contributed by atoms with Crippen LogP contribution in [0.5, 0.6) is 5.75 Å². The molecule has 0 fully saturated rings. The number of pyridine rings is 1. The molecule has 3 rings (SSSR count). The second-order valence-corrected chi connectivity index (χ2v) is 6.09. The average Bonchev–Trinajstić information content (AvgIpc) is 2.54. The maximum atomic E-state index is 11.0. The van der Waals surface area contributed by atoms with Gasteiger partial charge in [-0.15, -0.1) is 5.11 Å². The summed E-state index contributed by atoms with van der Waals surface area (Å²) >= 11 is 0. The number of phenolic OH excluding ortho intramolecular Hbond substituents is 1. The summed E-state index contributed by atoms with van der Waals surface area (Å²) in [5, 5.41) is 18.5. The highest BCUT2D eigenvalue weighted by atomic mass is 32.2. The van der Waals surface area contributed by atoms with E-state index in [0.717, 1.165) is 0 Å². The lowest BCUT2D eigenvalue weighted by Crippen LogP contribution is -1.96. The number of nitrogens with zero attached hydrogens (tertiary/aromatic N) is 3. The minimum Gasteiger partial charge on any atom is -0.506 e. The van der Waals surface area contributed by atoms with Gasteiger partial charge < -0.3 is 5.11 Å². The largest absolute Gasteiger partial charge is 0.506 e. The van der Waals surface area contributed by atoms with E-state index >= 15 is 0 Å². The number of hydrogen-bond donors (Lipinski definition) is 2. The predicted octanol–water partition coefficient (Wildman–Crippen LogP) is 3.60. The van der Waals surface area contributed by atoms with Crippen molar-refractivity contribution in [2.75, 3.05) is 0 Å². The molecule has 1 heterocycles. The minimum absolute atomic E-state index is 0.0528. The van der Waals surface area contributed by atoms with Crippen LogP contribution in [-0.2, 0) is 10.1 Å². The van der Waals surface area contributed by atoms with E-state index in [-0.39, 0.29) is 10.6 Å². The Kier molecular flexibility index (Phi) is 3.77. The number of aromatic nitrogens is 1. The summed E-state index contributed by atoms with van der Waals surface area (Å²) in [6.45, 7) is 0. The third-order valence-electron chi connectivity index (χ3n) is 3.13. The molecule has 0 amide bonds. The molecule has 0 saturated carbocycles. The molecule has 0 saturated heterocycles. The van der Waals surface area contributed by atoms with Crippen LogP contribution in [-0.4, -0.2) is 23.1 Å². The Balaban J connectivity index is 1.96. The molecular weight excluding hydrogens is 318 g/mol.